The van der Waals surface area contributed by atoms with Crippen LogP contribution in [0.3, 0.4) is 0 Å². The van der Waals surface area contributed by atoms with Crippen LogP contribution >= 0.6 is 11.6 Å². The third kappa shape index (κ3) is 1.87. The molecule has 0 bridgehead atoms. The van der Waals surface area contributed by atoms with Gasteiger partial charge < -0.3 is 5.32 Å². The normalized spacial score (nSPS) is 22.2. The van der Waals surface area contributed by atoms with Gasteiger partial charge in [-0.25, -0.2) is 0 Å². The van der Waals surface area contributed by atoms with E-state index in [1.54, 1.807) is 0 Å². The molecule has 1 aromatic carbocycles. The van der Waals surface area contributed by atoms with Crippen LogP contribution < -0.4 is 5.32 Å². The molecule has 2 heteroatoms. The van der Waals surface area contributed by atoms with E-state index < -0.39 is 0 Å². The van der Waals surface area contributed by atoms with E-state index in [-0.39, 0.29) is 0 Å². The Balaban J connectivity index is 2.29. The standard InChI is InChI=1S/C11H14ClN/c1-8-4-5-9(10(12)7-8)11-3-2-6-13-11/h4-5,7,11,13H,2-3,6H2,1H3/t11-/m1/s1. The van der Waals surface area contributed by atoms with Crippen molar-refractivity contribution in [2.24, 2.45) is 0 Å². The highest BCUT2D eigenvalue weighted by atomic mass is 35.5. The number of rotatable bonds is 1. The maximum Gasteiger partial charge on any atom is 0.0456 e. The van der Waals surface area contributed by atoms with Gasteiger partial charge in [-0.1, -0.05) is 23.7 Å². The Hall–Kier alpha value is -0.530. The maximum absolute atomic E-state index is 6.17. The van der Waals surface area contributed by atoms with Gasteiger partial charge in [0.1, 0.15) is 0 Å². The summed E-state index contributed by atoms with van der Waals surface area (Å²) < 4.78 is 0. The molecule has 0 saturated carbocycles. The molecule has 2 rings (SSSR count). The summed E-state index contributed by atoms with van der Waals surface area (Å²) in [7, 11) is 0. The molecule has 1 fully saturated rings. The molecule has 0 unspecified atom stereocenters. The van der Waals surface area contributed by atoms with Crippen LogP contribution in [0.25, 0.3) is 0 Å². The van der Waals surface area contributed by atoms with Crippen LogP contribution in [0.2, 0.25) is 5.02 Å². The summed E-state index contributed by atoms with van der Waals surface area (Å²) in [5.41, 5.74) is 2.48. The van der Waals surface area contributed by atoms with E-state index in [0.29, 0.717) is 6.04 Å². The second kappa shape index (κ2) is 3.69. The zero-order chi connectivity index (χ0) is 9.26. The number of nitrogens with one attached hydrogen (secondary N) is 1. The molecular weight excluding hydrogens is 182 g/mol. The van der Waals surface area contributed by atoms with Crippen LogP contribution in [0.1, 0.15) is 30.0 Å². The molecule has 0 aliphatic carbocycles. The highest BCUT2D eigenvalue weighted by Gasteiger charge is 2.18. The average Bonchev–Trinajstić information content (AvgIpc) is 2.56. The molecule has 13 heavy (non-hydrogen) atoms. The maximum atomic E-state index is 6.17. The van der Waals surface area contributed by atoms with Crippen molar-refractivity contribution in [3.05, 3.63) is 34.3 Å². The lowest BCUT2D eigenvalue weighted by molar-refractivity contribution is 0.648. The highest BCUT2D eigenvalue weighted by Crippen LogP contribution is 2.29. The largest absolute Gasteiger partial charge is 0.310 e. The van der Waals surface area contributed by atoms with Crippen LogP contribution in [0, 0.1) is 6.92 Å². The fourth-order valence-corrected chi connectivity index (χ4v) is 2.23. The number of hydrogen-bond donors (Lipinski definition) is 1. The minimum atomic E-state index is 0.480. The van der Waals surface area contributed by atoms with Gasteiger partial charge in [0, 0.05) is 11.1 Å². The van der Waals surface area contributed by atoms with Crippen molar-refractivity contribution in [1.82, 2.24) is 5.32 Å². The molecular formula is C11H14ClN. The molecule has 0 amide bonds. The quantitative estimate of drug-likeness (QED) is 0.727. The number of aryl methyl sites for hydroxylation is 1. The number of benzene rings is 1. The van der Waals surface area contributed by atoms with Crippen molar-refractivity contribution < 1.29 is 0 Å². The van der Waals surface area contributed by atoms with E-state index in [2.05, 4.69) is 24.4 Å². The Morgan fingerprint density at radius 2 is 2.31 bits per heavy atom. The third-order valence-corrected chi connectivity index (χ3v) is 2.92. The topological polar surface area (TPSA) is 12.0 Å². The lowest BCUT2D eigenvalue weighted by atomic mass is 10.0. The second-order valence-electron chi connectivity index (χ2n) is 3.67. The predicted molar refractivity (Wildman–Crippen MR) is 56.2 cm³/mol. The summed E-state index contributed by atoms with van der Waals surface area (Å²) in [4.78, 5) is 0. The number of halogens is 1. The molecule has 0 spiro atoms. The van der Waals surface area contributed by atoms with E-state index in [1.807, 2.05) is 6.07 Å². The van der Waals surface area contributed by atoms with Gasteiger partial charge in [0.15, 0.2) is 0 Å². The summed E-state index contributed by atoms with van der Waals surface area (Å²) >= 11 is 6.17. The van der Waals surface area contributed by atoms with Crippen molar-refractivity contribution in [3.8, 4) is 0 Å². The molecule has 1 atom stereocenters. The molecule has 70 valence electrons. The Bertz CT molecular complexity index is 303. The summed E-state index contributed by atoms with van der Waals surface area (Å²) in [5, 5.41) is 4.35. The minimum absolute atomic E-state index is 0.480. The summed E-state index contributed by atoms with van der Waals surface area (Å²) in [6.07, 6.45) is 2.47. The summed E-state index contributed by atoms with van der Waals surface area (Å²) in [6.45, 7) is 3.19. The van der Waals surface area contributed by atoms with Crippen LogP contribution in [-0.2, 0) is 0 Å². The highest BCUT2D eigenvalue weighted by molar-refractivity contribution is 6.31. The monoisotopic (exact) mass is 195 g/mol. The van der Waals surface area contributed by atoms with Crippen molar-refractivity contribution in [1.29, 1.82) is 0 Å². The van der Waals surface area contributed by atoms with Gasteiger partial charge in [0.25, 0.3) is 0 Å². The van der Waals surface area contributed by atoms with Crippen LogP contribution in [0.5, 0.6) is 0 Å². The van der Waals surface area contributed by atoms with Gasteiger partial charge in [0.05, 0.1) is 0 Å². The van der Waals surface area contributed by atoms with E-state index in [4.69, 9.17) is 11.6 Å². The summed E-state index contributed by atoms with van der Waals surface area (Å²) in [5.74, 6) is 0. The van der Waals surface area contributed by atoms with E-state index in [9.17, 15) is 0 Å². The smallest absolute Gasteiger partial charge is 0.0456 e. The molecule has 1 aliphatic rings. The Morgan fingerprint density at radius 1 is 1.46 bits per heavy atom. The second-order valence-corrected chi connectivity index (χ2v) is 4.08. The van der Waals surface area contributed by atoms with Crippen molar-refractivity contribution >= 4 is 11.6 Å². The van der Waals surface area contributed by atoms with Crippen LogP contribution in [0.15, 0.2) is 18.2 Å². The van der Waals surface area contributed by atoms with E-state index in [1.165, 1.54) is 24.0 Å². The fourth-order valence-electron chi connectivity index (χ4n) is 1.86. The Kier molecular flexibility index (Phi) is 2.56. The average molecular weight is 196 g/mol. The first kappa shape index (κ1) is 9.04. The lowest BCUT2D eigenvalue weighted by Gasteiger charge is -2.12. The van der Waals surface area contributed by atoms with E-state index >= 15 is 0 Å². The van der Waals surface area contributed by atoms with Crippen LogP contribution in [-0.4, -0.2) is 6.54 Å². The van der Waals surface area contributed by atoms with Crippen molar-refractivity contribution in [2.45, 2.75) is 25.8 Å². The third-order valence-electron chi connectivity index (χ3n) is 2.59. The van der Waals surface area contributed by atoms with E-state index in [0.717, 1.165) is 11.6 Å². The van der Waals surface area contributed by atoms with Crippen molar-refractivity contribution in [3.63, 3.8) is 0 Å². The predicted octanol–water partition coefficient (Wildman–Crippen LogP) is 3.07. The molecule has 0 aromatic heterocycles. The minimum Gasteiger partial charge on any atom is -0.310 e. The van der Waals surface area contributed by atoms with Gasteiger partial charge in [-0.3, -0.25) is 0 Å². The zero-order valence-corrected chi connectivity index (χ0v) is 8.56. The number of hydrogen-bond acceptors (Lipinski definition) is 1. The fraction of sp³-hybridized carbons (Fsp3) is 0.455. The van der Waals surface area contributed by atoms with Gasteiger partial charge in [0.2, 0.25) is 0 Å². The molecule has 1 N–H and O–H groups in total. The molecule has 0 radical (unpaired) electrons. The lowest BCUT2D eigenvalue weighted by Crippen LogP contribution is -2.13. The summed E-state index contributed by atoms with van der Waals surface area (Å²) in [6, 6.07) is 6.78. The van der Waals surface area contributed by atoms with Gasteiger partial charge in [-0.2, -0.15) is 0 Å². The molecule has 1 nitrogen and oxygen atoms in total. The van der Waals surface area contributed by atoms with Crippen molar-refractivity contribution in [2.75, 3.05) is 6.54 Å². The first-order valence-corrected chi connectivity index (χ1v) is 5.14. The van der Waals surface area contributed by atoms with Gasteiger partial charge in [-0.05, 0) is 43.5 Å². The zero-order valence-electron chi connectivity index (χ0n) is 7.81. The first-order chi connectivity index (χ1) is 6.27. The molecule has 1 heterocycles. The van der Waals surface area contributed by atoms with Gasteiger partial charge >= 0.3 is 0 Å². The Labute approximate surface area is 84.1 Å². The Morgan fingerprint density at radius 3 is 2.92 bits per heavy atom. The SMILES string of the molecule is Cc1ccc([C@H]2CCCN2)c(Cl)c1. The first-order valence-electron chi connectivity index (χ1n) is 4.77. The molecule has 1 saturated heterocycles. The van der Waals surface area contributed by atoms with Gasteiger partial charge in [-0.15, -0.1) is 0 Å². The molecule has 1 aromatic rings. The van der Waals surface area contributed by atoms with Crippen LogP contribution in [0.4, 0.5) is 0 Å². The molecule has 1 aliphatic heterocycles.